The molecule has 0 aliphatic carbocycles. The van der Waals surface area contributed by atoms with Crippen LogP contribution in [-0.2, 0) is 20.8 Å². The molecule has 8 heteroatoms. The molecule has 2 heterocycles. The van der Waals surface area contributed by atoms with E-state index in [0.717, 1.165) is 10.5 Å². The number of nitrogens with one attached hydrogen (secondary N) is 2. The molecule has 0 saturated carbocycles. The molecule has 2 atom stereocenters. The van der Waals surface area contributed by atoms with E-state index in [9.17, 15) is 14.4 Å². The number of aliphatic hydroxyl groups excluding tert-OH is 1. The molecule has 0 bridgehead atoms. The van der Waals surface area contributed by atoms with Gasteiger partial charge in [-0.05, 0) is 5.56 Å². The molecule has 2 aliphatic rings. The Morgan fingerprint density at radius 1 is 1.26 bits per heavy atom. The molecule has 120 valence electrons. The lowest BCUT2D eigenvalue weighted by Crippen LogP contribution is -2.76. The fraction of sp³-hybridized carbons (Fsp3) is 0.267. The molecular formula is C15H15N3O5. The van der Waals surface area contributed by atoms with E-state index in [0.29, 0.717) is 0 Å². The molecule has 0 radical (unpaired) electrons. The van der Waals surface area contributed by atoms with Crippen molar-refractivity contribution >= 4 is 17.7 Å². The van der Waals surface area contributed by atoms with Gasteiger partial charge in [0, 0.05) is 6.54 Å². The number of fused-ring (bicyclic) bond motifs is 1. The number of hydrogen-bond donors (Lipinski definition) is 4. The molecule has 0 unspecified atom stereocenters. The number of benzene rings is 1. The monoisotopic (exact) mass is 317 g/mol. The third-order valence-electron chi connectivity index (χ3n) is 3.88. The Balaban J connectivity index is 1.67. The lowest BCUT2D eigenvalue weighted by molar-refractivity contribution is -0.155. The summed E-state index contributed by atoms with van der Waals surface area (Å²) in [5.41, 5.74) is 0.332. The zero-order chi connectivity index (χ0) is 16.6. The molecule has 3 rings (SSSR count). The average Bonchev–Trinajstić information content (AvgIpc) is 2.53. The van der Waals surface area contributed by atoms with Crippen LogP contribution in [0.4, 0.5) is 0 Å². The van der Waals surface area contributed by atoms with E-state index in [-0.39, 0.29) is 18.9 Å². The van der Waals surface area contributed by atoms with Crippen molar-refractivity contribution in [1.29, 1.82) is 0 Å². The number of nitrogens with zero attached hydrogens (tertiary/aromatic N) is 1. The summed E-state index contributed by atoms with van der Waals surface area (Å²) in [6, 6.07) is 7.77. The van der Waals surface area contributed by atoms with Crippen molar-refractivity contribution in [1.82, 2.24) is 15.5 Å². The third kappa shape index (κ3) is 2.59. The minimum absolute atomic E-state index is 0.137. The Morgan fingerprint density at radius 3 is 2.61 bits per heavy atom. The maximum absolute atomic E-state index is 12.1. The molecule has 1 aromatic carbocycles. The van der Waals surface area contributed by atoms with Crippen molar-refractivity contribution in [3.63, 3.8) is 0 Å². The number of carbonyl (C=O) groups excluding carboxylic acids is 3. The normalized spacial score (nSPS) is 22.8. The molecule has 0 aromatic heterocycles. The highest BCUT2D eigenvalue weighted by atomic mass is 16.5. The first-order chi connectivity index (χ1) is 11.0. The minimum Gasteiger partial charge on any atom is -0.479 e. The fourth-order valence-corrected chi connectivity index (χ4v) is 2.79. The molecule has 2 aliphatic heterocycles. The van der Waals surface area contributed by atoms with Gasteiger partial charge < -0.3 is 20.8 Å². The quantitative estimate of drug-likeness (QED) is 0.335. The number of piperazine rings is 1. The van der Waals surface area contributed by atoms with Crippen LogP contribution in [0, 0.1) is 0 Å². The van der Waals surface area contributed by atoms with Crippen molar-refractivity contribution in [3.05, 3.63) is 47.5 Å². The average molecular weight is 317 g/mol. The maximum atomic E-state index is 12.1. The smallest absolute Gasteiger partial charge is 0.305 e. The maximum Gasteiger partial charge on any atom is 0.305 e. The highest BCUT2D eigenvalue weighted by molar-refractivity contribution is 6.05. The second-order valence-electron chi connectivity index (χ2n) is 5.37. The van der Waals surface area contributed by atoms with E-state index in [1.165, 1.54) is 0 Å². The van der Waals surface area contributed by atoms with Crippen LogP contribution in [0.3, 0.4) is 0 Å². The fourth-order valence-electron chi connectivity index (χ4n) is 2.79. The summed E-state index contributed by atoms with van der Waals surface area (Å²) in [5.74, 6) is -2.80. The number of aliphatic hydroxyl groups is 2. The van der Waals surface area contributed by atoms with Crippen molar-refractivity contribution in [3.8, 4) is 0 Å². The van der Waals surface area contributed by atoms with Crippen LogP contribution in [0.1, 0.15) is 5.56 Å². The highest BCUT2D eigenvalue weighted by Crippen LogP contribution is 2.29. The Morgan fingerprint density at radius 2 is 1.96 bits per heavy atom. The SMILES string of the molecule is O=C(Cc1ccccc1)N[C@H]1C(=O)N2C(=C(O)O)C(=O)NC[C@@H]12. The van der Waals surface area contributed by atoms with Crippen molar-refractivity contribution in [2.24, 2.45) is 0 Å². The molecule has 1 aromatic rings. The Labute approximate surface area is 131 Å². The molecular weight excluding hydrogens is 302 g/mol. The van der Waals surface area contributed by atoms with Crippen LogP contribution in [0.15, 0.2) is 42.0 Å². The third-order valence-corrected chi connectivity index (χ3v) is 3.88. The first kappa shape index (κ1) is 14.9. The predicted molar refractivity (Wildman–Crippen MR) is 78.0 cm³/mol. The number of carbonyl (C=O) groups is 3. The summed E-state index contributed by atoms with van der Waals surface area (Å²) in [5, 5.41) is 23.4. The van der Waals surface area contributed by atoms with Gasteiger partial charge >= 0.3 is 5.95 Å². The van der Waals surface area contributed by atoms with Crippen LogP contribution in [-0.4, -0.2) is 51.5 Å². The highest BCUT2D eigenvalue weighted by Gasteiger charge is 2.54. The lowest BCUT2D eigenvalue weighted by atomic mass is 9.91. The van der Waals surface area contributed by atoms with E-state index in [2.05, 4.69) is 10.6 Å². The van der Waals surface area contributed by atoms with Gasteiger partial charge in [0.25, 0.3) is 11.8 Å². The number of amides is 3. The Hall–Kier alpha value is -3.03. The Bertz CT molecular complexity index is 696. The zero-order valence-electron chi connectivity index (χ0n) is 12.0. The molecule has 0 spiro atoms. The second kappa shape index (κ2) is 5.64. The van der Waals surface area contributed by atoms with Gasteiger partial charge in [-0.1, -0.05) is 30.3 Å². The summed E-state index contributed by atoms with van der Waals surface area (Å²) in [6.45, 7) is 0.137. The van der Waals surface area contributed by atoms with Crippen molar-refractivity contribution in [2.45, 2.75) is 18.5 Å². The van der Waals surface area contributed by atoms with Gasteiger partial charge in [-0.3, -0.25) is 19.3 Å². The molecule has 23 heavy (non-hydrogen) atoms. The molecule has 8 nitrogen and oxygen atoms in total. The number of β-lactam (4-membered cyclic amide) rings is 1. The van der Waals surface area contributed by atoms with E-state index in [4.69, 9.17) is 10.2 Å². The van der Waals surface area contributed by atoms with Gasteiger partial charge in [-0.25, -0.2) is 0 Å². The van der Waals surface area contributed by atoms with Crippen LogP contribution in [0.5, 0.6) is 0 Å². The van der Waals surface area contributed by atoms with Crippen LogP contribution < -0.4 is 10.6 Å². The summed E-state index contributed by atoms with van der Waals surface area (Å²) in [7, 11) is 0. The van der Waals surface area contributed by atoms with Gasteiger partial charge in [0.15, 0.2) is 5.70 Å². The van der Waals surface area contributed by atoms with Crippen LogP contribution in [0.25, 0.3) is 0 Å². The van der Waals surface area contributed by atoms with Gasteiger partial charge in [0.2, 0.25) is 5.91 Å². The largest absolute Gasteiger partial charge is 0.479 e. The summed E-state index contributed by atoms with van der Waals surface area (Å²) >= 11 is 0. The lowest BCUT2D eigenvalue weighted by Gasteiger charge is -2.49. The van der Waals surface area contributed by atoms with Crippen LogP contribution >= 0.6 is 0 Å². The second-order valence-corrected chi connectivity index (χ2v) is 5.37. The van der Waals surface area contributed by atoms with E-state index in [1.54, 1.807) is 12.1 Å². The first-order valence-electron chi connectivity index (χ1n) is 7.06. The van der Waals surface area contributed by atoms with Crippen molar-refractivity contribution in [2.75, 3.05) is 6.54 Å². The number of hydrogen-bond acceptors (Lipinski definition) is 5. The zero-order valence-corrected chi connectivity index (χ0v) is 12.0. The van der Waals surface area contributed by atoms with Gasteiger partial charge in [-0.2, -0.15) is 0 Å². The summed E-state index contributed by atoms with van der Waals surface area (Å²) in [6.07, 6.45) is 0.137. The Kier molecular flexibility index (Phi) is 3.65. The van der Waals surface area contributed by atoms with Crippen LogP contribution in [0.2, 0.25) is 0 Å². The summed E-state index contributed by atoms with van der Waals surface area (Å²) in [4.78, 5) is 36.7. The molecule has 3 amide bonds. The van der Waals surface area contributed by atoms with E-state index >= 15 is 0 Å². The molecule has 4 N–H and O–H groups in total. The van der Waals surface area contributed by atoms with Gasteiger partial charge in [0.1, 0.15) is 6.04 Å². The van der Waals surface area contributed by atoms with Crippen molar-refractivity contribution < 1.29 is 24.6 Å². The minimum atomic E-state index is -1.21. The molecule has 2 saturated heterocycles. The topological polar surface area (TPSA) is 119 Å². The van der Waals surface area contributed by atoms with E-state index < -0.39 is 35.5 Å². The van der Waals surface area contributed by atoms with Gasteiger partial charge in [-0.15, -0.1) is 0 Å². The number of rotatable bonds is 3. The van der Waals surface area contributed by atoms with Gasteiger partial charge in [0.05, 0.1) is 12.5 Å². The summed E-state index contributed by atoms with van der Waals surface area (Å²) < 4.78 is 0. The standard InChI is InChI=1S/C15H15N3O5/c19-10(6-8-4-2-1-3-5-8)17-11-9-7-16-13(20)12(15(22)23)18(9)14(11)21/h1-5,9,11,22-23H,6-7H2,(H,16,20)(H,17,19)/t9-,11+/m0/s1. The molecule has 2 fully saturated rings. The van der Waals surface area contributed by atoms with E-state index in [1.807, 2.05) is 18.2 Å². The predicted octanol–water partition coefficient (Wildman–Crippen LogP) is -0.660. The first-order valence-corrected chi connectivity index (χ1v) is 7.06.